The highest BCUT2D eigenvalue weighted by Crippen LogP contribution is 2.33. The monoisotopic (exact) mass is 323 g/mol. The van der Waals surface area contributed by atoms with E-state index in [0.717, 1.165) is 0 Å². The average molecular weight is 324 g/mol. The van der Waals surface area contributed by atoms with E-state index >= 15 is 0 Å². The molecule has 0 bridgehead atoms. The van der Waals surface area contributed by atoms with Crippen LogP contribution in [0.3, 0.4) is 0 Å². The van der Waals surface area contributed by atoms with Crippen molar-refractivity contribution >= 4 is 46.2 Å². The van der Waals surface area contributed by atoms with Crippen molar-refractivity contribution in [3.63, 3.8) is 0 Å². The maximum absolute atomic E-state index is 12.1. The largest absolute Gasteiger partial charge is 0.399 e. The second-order valence-corrected chi connectivity index (χ2v) is 5.18. The van der Waals surface area contributed by atoms with Gasteiger partial charge in [0.25, 0.3) is 5.91 Å². The summed E-state index contributed by atoms with van der Waals surface area (Å²) in [6, 6.07) is 10.3. The summed E-state index contributed by atoms with van der Waals surface area (Å²) in [5, 5.41) is 6.71. The molecule has 0 aliphatic carbocycles. The lowest BCUT2D eigenvalue weighted by Crippen LogP contribution is -2.23. The van der Waals surface area contributed by atoms with Gasteiger partial charge >= 0.3 is 0 Å². The zero-order chi connectivity index (χ0) is 15.4. The van der Waals surface area contributed by atoms with Crippen molar-refractivity contribution < 1.29 is 4.79 Å². The molecule has 6 heteroatoms. The molecule has 2 rings (SSSR count). The Balaban J connectivity index is 2.40. The van der Waals surface area contributed by atoms with E-state index in [2.05, 4.69) is 10.6 Å². The van der Waals surface area contributed by atoms with E-state index in [1.165, 1.54) is 0 Å². The molecule has 0 atom stereocenters. The van der Waals surface area contributed by atoms with Gasteiger partial charge in [-0.3, -0.25) is 4.79 Å². The fourth-order valence-corrected chi connectivity index (χ4v) is 2.21. The number of anilines is 3. The van der Waals surface area contributed by atoms with E-state index in [1.54, 1.807) is 36.4 Å². The fourth-order valence-electron chi connectivity index (χ4n) is 1.86. The summed E-state index contributed by atoms with van der Waals surface area (Å²) in [4.78, 5) is 12.1. The van der Waals surface area contributed by atoms with E-state index in [9.17, 15) is 4.79 Å². The van der Waals surface area contributed by atoms with Gasteiger partial charge in [0.2, 0.25) is 0 Å². The first-order chi connectivity index (χ1) is 10.0. The fraction of sp³-hybridized carbons (Fsp3) is 0.133. The van der Waals surface area contributed by atoms with Crippen molar-refractivity contribution in [3.8, 4) is 0 Å². The molecule has 21 heavy (non-hydrogen) atoms. The van der Waals surface area contributed by atoms with Gasteiger partial charge in [-0.1, -0.05) is 29.3 Å². The Labute approximate surface area is 133 Å². The molecule has 2 aromatic carbocycles. The lowest BCUT2D eigenvalue weighted by molar-refractivity contribution is 0.0956. The molecule has 110 valence electrons. The lowest BCUT2D eigenvalue weighted by Gasteiger charge is -2.14. The maximum atomic E-state index is 12.1. The van der Waals surface area contributed by atoms with E-state index in [0.29, 0.717) is 39.2 Å². The summed E-state index contributed by atoms with van der Waals surface area (Å²) in [5.74, 6) is -0.203. The minimum Gasteiger partial charge on any atom is -0.399 e. The molecule has 0 heterocycles. The summed E-state index contributed by atoms with van der Waals surface area (Å²) in [6.45, 7) is 2.39. The molecular weight excluding hydrogens is 309 g/mol. The van der Waals surface area contributed by atoms with Crippen LogP contribution in [0.4, 0.5) is 17.1 Å². The van der Waals surface area contributed by atoms with Crippen LogP contribution in [-0.4, -0.2) is 12.5 Å². The van der Waals surface area contributed by atoms with Crippen LogP contribution in [-0.2, 0) is 0 Å². The van der Waals surface area contributed by atoms with Gasteiger partial charge in [-0.2, -0.15) is 0 Å². The van der Waals surface area contributed by atoms with Gasteiger partial charge in [-0.15, -0.1) is 0 Å². The van der Waals surface area contributed by atoms with Crippen LogP contribution >= 0.6 is 23.2 Å². The van der Waals surface area contributed by atoms with Crippen LogP contribution in [0.15, 0.2) is 36.4 Å². The molecule has 0 fully saturated rings. The standard InChI is InChI=1S/C15H15Cl2N3O/c1-2-19-15(21)10-8-9(18)6-7-12(10)20-13-5-3-4-11(16)14(13)17/h3-8,20H,2,18H2,1H3,(H,19,21). The quantitative estimate of drug-likeness (QED) is 0.743. The molecule has 0 saturated carbocycles. The van der Waals surface area contributed by atoms with Crippen LogP contribution < -0.4 is 16.4 Å². The van der Waals surface area contributed by atoms with Gasteiger partial charge < -0.3 is 16.4 Å². The number of hydrogen-bond donors (Lipinski definition) is 3. The van der Waals surface area contributed by atoms with Crippen molar-refractivity contribution in [2.45, 2.75) is 6.92 Å². The smallest absolute Gasteiger partial charge is 0.253 e. The third kappa shape index (κ3) is 3.60. The van der Waals surface area contributed by atoms with E-state index in [1.807, 2.05) is 6.92 Å². The number of amides is 1. The molecule has 4 nitrogen and oxygen atoms in total. The van der Waals surface area contributed by atoms with Gasteiger partial charge in [0.1, 0.15) is 0 Å². The molecule has 0 aliphatic rings. The Morgan fingerprint density at radius 1 is 1.19 bits per heavy atom. The van der Waals surface area contributed by atoms with E-state index < -0.39 is 0 Å². The minimum absolute atomic E-state index is 0.203. The van der Waals surface area contributed by atoms with Gasteiger partial charge in [-0.25, -0.2) is 0 Å². The third-order valence-corrected chi connectivity index (χ3v) is 3.67. The van der Waals surface area contributed by atoms with Gasteiger partial charge in [0.05, 0.1) is 27.0 Å². The Kier molecular flexibility index (Phi) is 4.94. The highest BCUT2D eigenvalue weighted by molar-refractivity contribution is 6.43. The summed E-state index contributed by atoms with van der Waals surface area (Å²) < 4.78 is 0. The van der Waals surface area contributed by atoms with Gasteiger partial charge in [0.15, 0.2) is 0 Å². The number of halogens is 2. The van der Waals surface area contributed by atoms with Crippen LogP contribution in [0.5, 0.6) is 0 Å². The molecule has 0 saturated heterocycles. The number of nitrogen functional groups attached to an aromatic ring is 1. The van der Waals surface area contributed by atoms with Crippen molar-refractivity contribution in [1.82, 2.24) is 5.32 Å². The number of nitrogens with two attached hydrogens (primary N) is 1. The number of benzene rings is 2. The molecule has 0 aromatic heterocycles. The van der Waals surface area contributed by atoms with Crippen LogP contribution in [0.25, 0.3) is 0 Å². The lowest BCUT2D eigenvalue weighted by atomic mass is 10.1. The molecule has 0 aliphatic heterocycles. The van der Waals surface area contributed by atoms with Crippen molar-refractivity contribution in [1.29, 1.82) is 0 Å². The zero-order valence-corrected chi connectivity index (χ0v) is 12.9. The summed E-state index contributed by atoms with van der Waals surface area (Å²) in [7, 11) is 0. The molecular formula is C15H15Cl2N3O. The van der Waals surface area contributed by atoms with Crippen molar-refractivity contribution in [2.24, 2.45) is 0 Å². The Morgan fingerprint density at radius 3 is 2.67 bits per heavy atom. The number of rotatable bonds is 4. The topological polar surface area (TPSA) is 67.2 Å². The Bertz CT molecular complexity index is 674. The zero-order valence-electron chi connectivity index (χ0n) is 11.4. The summed E-state index contributed by atoms with van der Waals surface area (Å²) in [6.07, 6.45) is 0. The third-order valence-electron chi connectivity index (χ3n) is 2.85. The van der Waals surface area contributed by atoms with Crippen molar-refractivity contribution in [2.75, 3.05) is 17.6 Å². The number of hydrogen-bond acceptors (Lipinski definition) is 3. The molecule has 4 N–H and O–H groups in total. The van der Waals surface area contributed by atoms with Crippen LogP contribution in [0.1, 0.15) is 17.3 Å². The predicted octanol–water partition coefficient (Wildman–Crippen LogP) is 4.07. The minimum atomic E-state index is -0.203. The predicted molar refractivity (Wildman–Crippen MR) is 88.6 cm³/mol. The second-order valence-electron chi connectivity index (χ2n) is 4.39. The van der Waals surface area contributed by atoms with Crippen molar-refractivity contribution in [3.05, 3.63) is 52.0 Å². The first-order valence-corrected chi connectivity index (χ1v) is 7.17. The van der Waals surface area contributed by atoms with Gasteiger partial charge in [0, 0.05) is 12.2 Å². The average Bonchev–Trinajstić information content (AvgIpc) is 2.46. The molecule has 0 radical (unpaired) electrons. The molecule has 2 aromatic rings. The molecule has 1 amide bonds. The Morgan fingerprint density at radius 2 is 1.95 bits per heavy atom. The first-order valence-electron chi connectivity index (χ1n) is 6.41. The molecule has 0 unspecified atom stereocenters. The van der Waals surface area contributed by atoms with E-state index in [4.69, 9.17) is 28.9 Å². The van der Waals surface area contributed by atoms with E-state index in [-0.39, 0.29) is 5.91 Å². The highest BCUT2D eigenvalue weighted by atomic mass is 35.5. The number of nitrogens with one attached hydrogen (secondary N) is 2. The SMILES string of the molecule is CCNC(=O)c1cc(N)ccc1Nc1cccc(Cl)c1Cl. The number of carbonyl (C=O) groups excluding carboxylic acids is 1. The maximum Gasteiger partial charge on any atom is 0.253 e. The number of carbonyl (C=O) groups is 1. The first kappa shape index (κ1) is 15.5. The normalized spacial score (nSPS) is 10.2. The summed E-state index contributed by atoms with van der Waals surface area (Å²) in [5.41, 5.74) is 7.95. The molecule has 0 spiro atoms. The van der Waals surface area contributed by atoms with Crippen LogP contribution in [0, 0.1) is 0 Å². The Hall–Kier alpha value is -1.91. The summed E-state index contributed by atoms with van der Waals surface area (Å²) >= 11 is 12.1. The van der Waals surface area contributed by atoms with Crippen LogP contribution in [0.2, 0.25) is 10.0 Å². The second kappa shape index (κ2) is 6.70. The van der Waals surface area contributed by atoms with Gasteiger partial charge in [-0.05, 0) is 37.3 Å². The highest BCUT2D eigenvalue weighted by Gasteiger charge is 2.13.